The summed E-state index contributed by atoms with van der Waals surface area (Å²) in [5.41, 5.74) is 2.55. The molecule has 0 atom stereocenters. The highest BCUT2D eigenvalue weighted by Gasteiger charge is 2.26. The molecule has 0 aromatic heterocycles. The van der Waals surface area contributed by atoms with Crippen molar-refractivity contribution in [1.82, 2.24) is 10.7 Å². The molecule has 1 saturated carbocycles. The molecule has 1 aliphatic rings. The number of hydrogen-bond donors (Lipinski definition) is 3. The summed E-state index contributed by atoms with van der Waals surface area (Å²) in [4.78, 5) is 33.6. The predicted molar refractivity (Wildman–Crippen MR) is 88.0 cm³/mol. The maximum absolute atomic E-state index is 11.5. The van der Waals surface area contributed by atoms with Crippen LogP contribution < -0.4 is 20.2 Å². The smallest absolute Gasteiger partial charge is 0.341 e. The van der Waals surface area contributed by atoms with Crippen LogP contribution in [0.15, 0.2) is 17.2 Å². The molecule has 0 unspecified atom stereocenters. The van der Waals surface area contributed by atoms with Crippen LogP contribution in [0.5, 0.6) is 11.5 Å². The molecule has 134 valence electrons. The fraction of sp³-hybridized carbons (Fsp3) is 0.333. The zero-order chi connectivity index (χ0) is 18.4. The van der Waals surface area contributed by atoms with E-state index in [1.165, 1.54) is 25.5 Å². The van der Waals surface area contributed by atoms with Crippen LogP contribution in [0.25, 0.3) is 0 Å². The lowest BCUT2D eigenvalue weighted by molar-refractivity contribution is -0.139. The van der Waals surface area contributed by atoms with E-state index in [1.54, 1.807) is 0 Å². The quantitative estimate of drug-likeness (QED) is 0.366. The number of ether oxygens (including phenoxy) is 2. The van der Waals surface area contributed by atoms with E-state index >= 15 is 0 Å². The Morgan fingerprint density at radius 2 is 2.08 bits per heavy atom. The van der Waals surface area contributed by atoms with Crippen LogP contribution in [0.1, 0.15) is 18.4 Å². The van der Waals surface area contributed by atoms with Gasteiger partial charge in [0.05, 0.1) is 18.3 Å². The maximum Gasteiger partial charge on any atom is 0.341 e. The minimum Gasteiger partial charge on any atom is -0.493 e. The summed E-state index contributed by atoms with van der Waals surface area (Å²) in [6.07, 6.45) is 3.01. The Labute approximate surface area is 147 Å². The van der Waals surface area contributed by atoms with Crippen molar-refractivity contribution in [1.29, 1.82) is 0 Å². The lowest BCUT2D eigenvalue weighted by Crippen LogP contribution is -2.38. The standard InChI is InChI=1S/C15H16ClN3O6/c1-24-11-5-8(4-10(16)13(11)25-7-12(20)21)6-17-19-15(23)14(22)18-9-2-3-9/h4-6,9H,2-3,7H2,1H3,(H,18,22)(H,19,23)(H,20,21)/b17-6-. The fourth-order valence-electron chi connectivity index (χ4n) is 1.78. The number of halogens is 1. The first kappa shape index (κ1) is 18.5. The van der Waals surface area contributed by atoms with E-state index in [9.17, 15) is 14.4 Å². The Bertz CT molecular complexity index is 717. The average Bonchev–Trinajstić information content (AvgIpc) is 3.36. The largest absolute Gasteiger partial charge is 0.493 e. The van der Waals surface area contributed by atoms with Gasteiger partial charge in [-0.25, -0.2) is 10.2 Å². The van der Waals surface area contributed by atoms with Gasteiger partial charge in [-0.05, 0) is 30.5 Å². The third kappa shape index (κ3) is 5.64. The minimum absolute atomic E-state index is 0.0728. The molecule has 10 heteroatoms. The first-order chi connectivity index (χ1) is 11.9. The van der Waals surface area contributed by atoms with E-state index in [4.69, 9.17) is 26.2 Å². The molecule has 25 heavy (non-hydrogen) atoms. The number of nitrogens with zero attached hydrogens (tertiary/aromatic N) is 1. The molecule has 2 amide bonds. The zero-order valence-electron chi connectivity index (χ0n) is 13.2. The van der Waals surface area contributed by atoms with Crippen LogP contribution in [0.3, 0.4) is 0 Å². The van der Waals surface area contributed by atoms with Gasteiger partial charge in [-0.3, -0.25) is 9.59 Å². The molecular weight excluding hydrogens is 354 g/mol. The van der Waals surface area contributed by atoms with Gasteiger partial charge in [-0.15, -0.1) is 0 Å². The second-order valence-corrected chi connectivity index (χ2v) is 5.57. The lowest BCUT2D eigenvalue weighted by atomic mass is 10.2. The van der Waals surface area contributed by atoms with Gasteiger partial charge in [0.2, 0.25) is 0 Å². The number of hydrogen-bond acceptors (Lipinski definition) is 6. The number of benzene rings is 1. The molecule has 2 rings (SSSR count). The molecule has 1 fully saturated rings. The normalized spacial score (nSPS) is 13.4. The van der Waals surface area contributed by atoms with Gasteiger partial charge < -0.3 is 19.9 Å². The average molecular weight is 370 g/mol. The molecule has 0 saturated heterocycles. The Hall–Kier alpha value is -2.81. The van der Waals surface area contributed by atoms with Crippen LogP contribution in [0.2, 0.25) is 5.02 Å². The molecule has 1 aliphatic carbocycles. The van der Waals surface area contributed by atoms with E-state index < -0.39 is 24.4 Å². The summed E-state index contributed by atoms with van der Waals surface area (Å²) in [7, 11) is 1.37. The number of carboxylic acid groups (broad SMARTS) is 1. The van der Waals surface area contributed by atoms with Gasteiger partial charge in [0.25, 0.3) is 0 Å². The minimum atomic E-state index is -1.16. The van der Waals surface area contributed by atoms with Gasteiger partial charge in [0.15, 0.2) is 18.1 Å². The molecule has 9 nitrogen and oxygen atoms in total. The van der Waals surface area contributed by atoms with Gasteiger partial charge in [0.1, 0.15) is 0 Å². The summed E-state index contributed by atoms with van der Waals surface area (Å²) in [5, 5.41) is 15.0. The molecule has 0 aliphatic heterocycles. The number of nitrogens with one attached hydrogen (secondary N) is 2. The molecule has 0 spiro atoms. The van der Waals surface area contributed by atoms with E-state index in [1.807, 2.05) is 0 Å². The summed E-state index contributed by atoms with van der Waals surface area (Å²) >= 11 is 6.04. The third-order valence-corrected chi connectivity index (χ3v) is 3.37. The Balaban J connectivity index is 2.00. The summed E-state index contributed by atoms with van der Waals surface area (Å²) in [5.74, 6) is -2.49. The number of carbonyl (C=O) groups is 3. The number of methoxy groups -OCH3 is 1. The van der Waals surface area contributed by atoms with Crippen molar-refractivity contribution in [3.05, 3.63) is 22.7 Å². The molecule has 0 radical (unpaired) electrons. The monoisotopic (exact) mass is 369 g/mol. The van der Waals surface area contributed by atoms with Crippen LogP contribution in [-0.4, -0.2) is 48.9 Å². The van der Waals surface area contributed by atoms with Crippen molar-refractivity contribution in [3.8, 4) is 11.5 Å². The van der Waals surface area contributed by atoms with Crippen molar-refractivity contribution in [3.63, 3.8) is 0 Å². The van der Waals surface area contributed by atoms with Gasteiger partial charge >= 0.3 is 17.8 Å². The summed E-state index contributed by atoms with van der Waals surface area (Å²) in [6, 6.07) is 3.01. The topological polar surface area (TPSA) is 126 Å². The van der Waals surface area contributed by atoms with E-state index in [0.717, 1.165) is 12.8 Å². The summed E-state index contributed by atoms with van der Waals surface area (Å²) < 4.78 is 10.2. The predicted octanol–water partition coefficient (Wildman–Crippen LogP) is 0.541. The molecular formula is C15H16ClN3O6. The fourth-order valence-corrected chi connectivity index (χ4v) is 2.06. The number of carboxylic acids is 1. The van der Waals surface area contributed by atoms with Crippen LogP contribution in [0.4, 0.5) is 0 Å². The van der Waals surface area contributed by atoms with Crippen molar-refractivity contribution < 1.29 is 29.0 Å². The van der Waals surface area contributed by atoms with Crippen LogP contribution >= 0.6 is 11.6 Å². The third-order valence-electron chi connectivity index (χ3n) is 3.09. The number of rotatable bonds is 7. The van der Waals surface area contributed by atoms with E-state index in [2.05, 4.69) is 15.8 Å². The molecule has 1 aromatic carbocycles. The first-order valence-electron chi connectivity index (χ1n) is 7.26. The maximum atomic E-state index is 11.5. The highest BCUT2D eigenvalue weighted by Crippen LogP contribution is 2.36. The Kier molecular flexibility index (Phi) is 6.18. The van der Waals surface area contributed by atoms with Gasteiger partial charge in [0, 0.05) is 6.04 Å². The van der Waals surface area contributed by atoms with Gasteiger partial charge in [-0.2, -0.15) is 5.10 Å². The van der Waals surface area contributed by atoms with Crippen molar-refractivity contribution >= 4 is 35.6 Å². The Morgan fingerprint density at radius 1 is 1.36 bits per heavy atom. The SMILES string of the molecule is COc1cc(/C=N\NC(=O)C(=O)NC2CC2)cc(Cl)c1OCC(=O)O. The second-order valence-electron chi connectivity index (χ2n) is 5.16. The number of aliphatic carboxylic acids is 1. The lowest BCUT2D eigenvalue weighted by Gasteiger charge is -2.11. The number of amides is 2. The van der Waals surface area contributed by atoms with Crippen LogP contribution in [0, 0.1) is 0 Å². The molecule has 0 heterocycles. The first-order valence-corrected chi connectivity index (χ1v) is 7.64. The van der Waals surface area contributed by atoms with Crippen LogP contribution in [-0.2, 0) is 14.4 Å². The number of hydrazone groups is 1. The van der Waals surface area contributed by atoms with E-state index in [0.29, 0.717) is 5.56 Å². The van der Waals surface area contributed by atoms with Gasteiger partial charge in [-0.1, -0.05) is 11.6 Å². The van der Waals surface area contributed by atoms with Crippen molar-refractivity contribution in [2.45, 2.75) is 18.9 Å². The highest BCUT2D eigenvalue weighted by atomic mass is 35.5. The molecule has 0 bridgehead atoms. The van der Waals surface area contributed by atoms with E-state index in [-0.39, 0.29) is 22.6 Å². The Morgan fingerprint density at radius 3 is 2.68 bits per heavy atom. The molecule has 3 N–H and O–H groups in total. The second kappa shape index (κ2) is 8.34. The number of carbonyl (C=O) groups excluding carboxylic acids is 2. The van der Waals surface area contributed by atoms with Crippen molar-refractivity contribution in [2.24, 2.45) is 5.10 Å². The zero-order valence-corrected chi connectivity index (χ0v) is 14.0. The van der Waals surface area contributed by atoms with Crippen molar-refractivity contribution in [2.75, 3.05) is 13.7 Å². The molecule has 1 aromatic rings. The summed E-state index contributed by atoms with van der Waals surface area (Å²) in [6.45, 7) is -0.574. The highest BCUT2D eigenvalue weighted by molar-refractivity contribution is 6.35.